The van der Waals surface area contributed by atoms with Crippen molar-refractivity contribution in [2.24, 2.45) is 17.3 Å². The maximum Gasteiger partial charge on any atom is 0.309 e. The van der Waals surface area contributed by atoms with Crippen LogP contribution >= 0.6 is 0 Å². The lowest BCUT2D eigenvalue weighted by molar-refractivity contribution is -0.147. The molecule has 0 saturated heterocycles. The minimum atomic E-state index is -0.670. The average Bonchev–Trinajstić information content (AvgIpc) is 2.85. The topological polar surface area (TPSA) is 37.3 Å². The molecule has 1 rings (SSSR count). The van der Waals surface area contributed by atoms with E-state index in [2.05, 4.69) is 6.92 Å². The van der Waals surface area contributed by atoms with Gasteiger partial charge in [0.25, 0.3) is 0 Å². The number of rotatable bonds is 6. The SMILES string of the molecule is CC(CCCC(C)(C)C(=O)O)C1CC1. The maximum absolute atomic E-state index is 10.8. The Hall–Kier alpha value is -0.530. The first-order valence-corrected chi connectivity index (χ1v) is 5.67. The largest absolute Gasteiger partial charge is 0.481 e. The van der Waals surface area contributed by atoms with Crippen LogP contribution in [-0.4, -0.2) is 11.1 Å². The minimum absolute atomic E-state index is 0.538. The highest BCUT2D eigenvalue weighted by atomic mass is 16.4. The molecule has 1 atom stereocenters. The van der Waals surface area contributed by atoms with Crippen LogP contribution in [0.3, 0.4) is 0 Å². The van der Waals surface area contributed by atoms with E-state index in [9.17, 15) is 4.79 Å². The minimum Gasteiger partial charge on any atom is -0.481 e. The van der Waals surface area contributed by atoms with E-state index in [1.54, 1.807) is 0 Å². The summed E-state index contributed by atoms with van der Waals surface area (Å²) in [6, 6.07) is 0. The molecule has 1 aliphatic carbocycles. The third-order valence-corrected chi connectivity index (χ3v) is 3.47. The van der Waals surface area contributed by atoms with Crippen molar-refractivity contribution in [1.82, 2.24) is 0 Å². The Morgan fingerprint density at radius 2 is 2.07 bits per heavy atom. The summed E-state index contributed by atoms with van der Waals surface area (Å²) >= 11 is 0. The number of hydrogen-bond donors (Lipinski definition) is 1. The highest BCUT2D eigenvalue weighted by molar-refractivity contribution is 5.73. The molecule has 0 heterocycles. The molecule has 0 aromatic carbocycles. The van der Waals surface area contributed by atoms with Crippen molar-refractivity contribution < 1.29 is 9.90 Å². The lowest BCUT2D eigenvalue weighted by Crippen LogP contribution is -2.23. The Bertz CT molecular complexity index is 204. The summed E-state index contributed by atoms with van der Waals surface area (Å²) in [4.78, 5) is 10.8. The van der Waals surface area contributed by atoms with Crippen molar-refractivity contribution >= 4 is 5.97 Å². The van der Waals surface area contributed by atoms with Crippen molar-refractivity contribution in [3.8, 4) is 0 Å². The van der Waals surface area contributed by atoms with E-state index in [-0.39, 0.29) is 0 Å². The molecule has 1 aliphatic rings. The van der Waals surface area contributed by atoms with Gasteiger partial charge in [-0.25, -0.2) is 0 Å². The van der Waals surface area contributed by atoms with E-state index in [4.69, 9.17) is 5.11 Å². The second-order valence-electron chi connectivity index (χ2n) is 5.40. The summed E-state index contributed by atoms with van der Waals surface area (Å²) in [5.74, 6) is 1.08. The molecule has 0 radical (unpaired) electrons. The fraction of sp³-hybridized carbons (Fsp3) is 0.917. The summed E-state index contributed by atoms with van der Waals surface area (Å²) in [5.41, 5.74) is -0.538. The normalized spacial score (nSPS) is 19.4. The summed E-state index contributed by atoms with van der Waals surface area (Å²) in [6.45, 7) is 5.93. The van der Waals surface area contributed by atoms with E-state index in [1.165, 1.54) is 19.3 Å². The number of carboxylic acids is 1. The fourth-order valence-electron chi connectivity index (χ4n) is 1.87. The quantitative estimate of drug-likeness (QED) is 0.711. The van der Waals surface area contributed by atoms with Crippen LogP contribution in [0.2, 0.25) is 0 Å². The summed E-state index contributed by atoms with van der Waals surface area (Å²) in [6.07, 6.45) is 5.84. The molecule has 14 heavy (non-hydrogen) atoms. The second kappa shape index (κ2) is 4.33. The molecule has 1 N–H and O–H groups in total. The third-order valence-electron chi connectivity index (χ3n) is 3.47. The number of aliphatic carboxylic acids is 1. The van der Waals surface area contributed by atoms with Crippen LogP contribution < -0.4 is 0 Å². The highest BCUT2D eigenvalue weighted by Crippen LogP contribution is 2.39. The zero-order valence-corrected chi connectivity index (χ0v) is 9.55. The first-order valence-electron chi connectivity index (χ1n) is 5.67. The van der Waals surface area contributed by atoms with E-state index < -0.39 is 11.4 Å². The van der Waals surface area contributed by atoms with Gasteiger partial charge in [-0.05, 0) is 44.9 Å². The third kappa shape index (κ3) is 3.32. The van der Waals surface area contributed by atoms with Gasteiger partial charge < -0.3 is 5.11 Å². The van der Waals surface area contributed by atoms with Gasteiger partial charge in [-0.2, -0.15) is 0 Å². The molecule has 0 aromatic heterocycles. The maximum atomic E-state index is 10.8. The van der Waals surface area contributed by atoms with E-state index >= 15 is 0 Å². The standard InChI is InChI=1S/C12H22O2/c1-9(10-6-7-10)5-4-8-12(2,3)11(13)14/h9-10H,4-8H2,1-3H3,(H,13,14). The zero-order chi connectivity index (χ0) is 10.8. The van der Waals surface area contributed by atoms with Crippen LogP contribution in [0.4, 0.5) is 0 Å². The molecule has 1 unspecified atom stereocenters. The van der Waals surface area contributed by atoms with Gasteiger partial charge in [-0.1, -0.05) is 19.8 Å². The number of carboxylic acid groups (broad SMARTS) is 1. The first kappa shape index (κ1) is 11.5. The Labute approximate surface area is 86.7 Å². The van der Waals surface area contributed by atoms with Gasteiger partial charge in [0.2, 0.25) is 0 Å². The Morgan fingerprint density at radius 3 is 2.50 bits per heavy atom. The lowest BCUT2D eigenvalue weighted by atomic mass is 9.85. The summed E-state index contributed by atoms with van der Waals surface area (Å²) in [5, 5.41) is 8.93. The lowest BCUT2D eigenvalue weighted by Gasteiger charge is -2.19. The fourth-order valence-corrected chi connectivity index (χ4v) is 1.87. The molecule has 2 nitrogen and oxygen atoms in total. The number of hydrogen-bond acceptors (Lipinski definition) is 1. The van der Waals surface area contributed by atoms with Gasteiger partial charge >= 0.3 is 5.97 Å². The Kier molecular flexibility index (Phi) is 3.57. The molecule has 0 spiro atoms. The van der Waals surface area contributed by atoms with Crippen molar-refractivity contribution in [2.75, 3.05) is 0 Å². The average molecular weight is 198 g/mol. The highest BCUT2D eigenvalue weighted by Gasteiger charge is 2.30. The molecule has 1 fully saturated rings. The molecule has 0 amide bonds. The predicted octanol–water partition coefficient (Wildman–Crippen LogP) is 3.31. The predicted molar refractivity (Wildman–Crippen MR) is 57.2 cm³/mol. The van der Waals surface area contributed by atoms with Crippen LogP contribution in [0.25, 0.3) is 0 Å². The van der Waals surface area contributed by atoms with E-state index in [0.717, 1.165) is 24.7 Å². The molecule has 82 valence electrons. The van der Waals surface area contributed by atoms with Crippen LogP contribution in [0.15, 0.2) is 0 Å². The van der Waals surface area contributed by atoms with Gasteiger partial charge in [0.15, 0.2) is 0 Å². The monoisotopic (exact) mass is 198 g/mol. The Balaban J connectivity index is 2.16. The molecular weight excluding hydrogens is 176 g/mol. The first-order chi connectivity index (χ1) is 6.43. The molecule has 0 aliphatic heterocycles. The van der Waals surface area contributed by atoms with Crippen molar-refractivity contribution in [3.63, 3.8) is 0 Å². The van der Waals surface area contributed by atoms with Crippen molar-refractivity contribution in [1.29, 1.82) is 0 Å². The van der Waals surface area contributed by atoms with Gasteiger partial charge in [0.1, 0.15) is 0 Å². The van der Waals surface area contributed by atoms with Crippen LogP contribution in [0.5, 0.6) is 0 Å². The van der Waals surface area contributed by atoms with Crippen molar-refractivity contribution in [3.05, 3.63) is 0 Å². The van der Waals surface area contributed by atoms with Crippen LogP contribution in [0, 0.1) is 17.3 Å². The van der Waals surface area contributed by atoms with E-state index in [1.807, 2.05) is 13.8 Å². The summed E-state index contributed by atoms with van der Waals surface area (Å²) < 4.78 is 0. The zero-order valence-electron chi connectivity index (χ0n) is 9.55. The van der Waals surface area contributed by atoms with Crippen LogP contribution in [-0.2, 0) is 4.79 Å². The molecule has 2 heteroatoms. The Morgan fingerprint density at radius 1 is 1.50 bits per heavy atom. The van der Waals surface area contributed by atoms with Gasteiger partial charge in [-0.15, -0.1) is 0 Å². The molecule has 0 bridgehead atoms. The summed E-state index contributed by atoms with van der Waals surface area (Å²) in [7, 11) is 0. The van der Waals surface area contributed by atoms with Crippen molar-refractivity contribution in [2.45, 2.75) is 52.9 Å². The number of carbonyl (C=O) groups is 1. The molecule has 0 aromatic rings. The van der Waals surface area contributed by atoms with Gasteiger partial charge in [0, 0.05) is 0 Å². The second-order valence-corrected chi connectivity index (χ2v) is 5.40. The van der Waals surface area contributed by atoms with Gasteiger partial charge in [0.05, 0.1) is 5.41 Å². The van der Waals surface area contributed by atoms with E-state index in [0.29, 0.717) is 0 Å². The smallest absolute Gasteiger partial charge is 0.309 e. The molecule has 1 saturated carbocycles. The molecular formula is C12H22O2. The van der Waals surface area contributed by atoms with Crippen LogP contribution in [0.1, 0.15) is 52.9 Å². The van der Waals surface area contributed by atoms with Gasteiger partial charge in [-0.3, -0.25) is 4.79 Å².